The predicted octanol–water partition coefficient (Wildman–Crippen LogP) is 4.65. The number of carbonyl (C=O) groups is 1. The highest BCUT2D eigenvalue weighted by atomic mass is 16.6. The zero-order valence-corrected chi connectivity index (χ0v) is 16.8. The molecule has 0 saturated carbocycles. The number of allylic oxidation sites excluding steroid dienone is 1. The second-order valence-electron chi connectivity index (χ2n) is 8.37. The third-order valence-corrected chi connectivity index (χ3v) is 5.84. The van der Waals surface area contributed by atoms with Crippen molar-refractivity contribution in [2.24, 2.45) is 0 Å². The molecular weight excluding hydrogens is 328 g/mol. The van der Waals surface area contributed by atoms with E-state index in [0.29, 0.717) is 19.1 Å². The standard InChI is InChI=1S/C22H32O4/c1-14-6-7-21-22(5,26-21)9-8-19-16(3)13-24-20(19)12-15(2)11-18(10-14)25-17(4)23/h10,12,18,20-21H,6-9,11,13H2,1-5H3/b14-10-,15-12+/t18?,20-,21-,22+/m0/s1. The lowest BCUT2D eigenvalue weighted by Crippen LogP contribution is -2.17. The van der Waals surface area contributed by atoms with E-state index in [-0.39, 0.29) is 23.8 Å². The molecule has 0 amide bonds. The minimum Gasteiger partial charge on any atom is -0.458 e. The molecule has 0 bridgehead atoms. The van der Waals surface area contributed by atoms with Gasteiger partial charge >= 0.3 is 5.97 Å². The molecule has 1 unspecified atom stereocenters. The number of hydrogen-bond donors (Lipinski definition) is 0. The summed E-state index contributed by atoms with van der Waals surface area (Å²) < 4.78 is 17.6. The van der Waals surface area contributed by atoms with Crippen LogP contribution < -0.4 is 0 Å². The van der Waals surface area contributed by atoms with Gasteiger partial charge in [0, 0.05) is 13.3 Å². The van der Waals surface area contributed by atoms with E-state index in [4.69, 9.17) is 14.2 Å². The summed E-state index contributed by atoms with van der Waals surface area (Å²) in [6, 6.07) is 0. The fourth-order valence-corrected chi connectivity index (χ4v) is 4.16. The molecular formula is C22H32O4. The summed E-state index contributed by atoms with van der Waals surface area (Å²) in [5.41, 5.74) is 5.19. The Morgan fingerprint density at radius 1 is 1.19 bits per heavy atom. The van der Waals surface area contributed by atoms with Crippen molar-refractivity contribution in [3.8, 4) is 0 Å². The zero-order valence-electron chi connectivity index (χ0n) is 16.8. The Morgan fingerprint density at radius 3 is 2.69 bits per heavy atom. The summed E-state index contributed by atoms with van der Waals surface area (Å²) in [4.78, 5) is 11.5. The lowest BCUT2D eigenvalue weighted by atomic mass is 9.90. The van der Waals surface area contributed by atoms with Gasteiger partial charge in [0.1, 0.15) is 6.10 Å². The molecule has 4 atom stereocenters. The lowest BCUT2D eigenvalue weighted by Gasteiger charge is -2.18. The number of esters is 1. The fraction of sp³-hybridized carbons (Fsp3) is 0.682. The van der Waals surface area contributed by atoms with E-state index in [9.17, 15) is 4.79 Å². The van der Waals surface area contributed by atoms with Crippen LogP contribution in [0.2, 0.25) is 0 Å². The summed E-state index contributed by atoms with van der Waals surface area (Å²) in [6.45, 7) is 10.8. The van der Waals surface area contributed by atoms with Crippen LogP contribution in [0.15, 0.2) is 34.4 Å². The first-order chi connectivity index (χ1) is 12.3. The number of hydrogen-bond acceptors (Lipinski definition) is 4. The Bertz CT molecular complexity index is 657. The molecule has 4 heteroatoms. The van der Waals surface area contributed by atoms with Gasteiger partial charge in [0.25, 0.3) is 0 Å². The van der Waals surface area contributed by atoms with Gasteiger partial charge in [-0.25, -0.2) is 0 Å². The summed E-state index contributed by atoms with van der Waals surface area (Å²) >= 11 is 0. The lowest BCUT2D eigenvalue weighted by molar-refractivity contribution is -0.144. The van der Waals surface area contributed by atoms with Gasteiger partial charge in [0.15, 0.2) is 0 Å². The average Bonchev–Trinajstić information content (AvgIpc) is 3.06. The molecule has 3 rings (SSSR count). The van der Waals surface area contributed by atoms with Crippen molar-refractivity contribution < 1.29 is 19.0 Å². The summed E-state index contributed by atoms with van der Waals surface area (Å²) in [7, 11) is 0. The van der Waals surface area contributed by atoms with Crippen LogP contribution in [-0.4, -0.2) is 36.5 Å². The van der Waals surface area contributed by atoms with Gasteiger partial charge in [-0.15, -0.1) is 0 Å². The van der Waals surface area contributed by atoms with Gasteiger partial charge < -0.3 is 14.2 Å². The van der Waals surface area contributed by atoms with Crippen molar-refractivity contribution in [3.63, 3.8) is 0 Å². The van der Waals surface area contributed by atoms with Gasteiger partial charge in [-0.2, -0.15) is 0 Å². The number of ether oxygens (including phenoxy) is 3. The molecule has 0 N–H and O–H groups in total. The molecule has 4 nitrogen and oxygen atoms in total. The second-order valence-corrected chi connectivity index (χ2v) is 8.37. The minimum atomic E-state index is -0.236. The first kappa shape index (κ1) is 19.4. The van der Waals surface area contributed by atoms with Crippen molar-refractivity contribution in [3.05, 3.63) is 34.4 Å². The van der Waals surface area contributed by atoms with E-state index in [1.807, 2.05) is 0 Å². The van der Waals surface area contributed by atoms with Crippen molar-refractivity contribution in [2.45, 2.75) is 90.6 Å². The molecule has 26 heavy (non-hydrogen) atoms. The molecule has 0 aromatic heterocycles. The Balaban J connectivity index is 1.84. The van der Waals surface area contributed by atoms with Crippen LogP contribution in [0.25, 0.3) is 0 Å². The largest absolute Gasteiger partial charge is 0.458 e. The Hall–Kier alpha value is -1.39. The molecule has 2 aliphatic heterocycles. The Labute approximate surface area is 157 Å². The molecule has 2 heterocycles. The maximum Gasteiger partial charge on any atom is 0.303 e. The van der Waals surface area contributed by atoms with E-state index in [1.165, 1.54) is 29.2 Å². The summed E-state index contributed by atoms with van der Waals surface area (Å²) in [6.07, 6.45) is 9.25. The van der Waals surface area contributed by atoms with E-state index in [2.05, 4.69) is 39.8 Å². The third kappa shape index (κ3) is 4.66. The Morgan fingerprint density at radius 2 is 1.96 bits per heavy atom. The first-order valence-corrected chi connectivity index (χ1v) is 9.76. The highest BCUT2D eigenvalue weighted by Crippen LogP contribution is 2.45. The van der Waals surface area contributed by atoms with Gasteiger partial charge in [0.05, 0.1) is 24.4 Å². The van der Waals surface area contributed by atoms with E-state index in [0.717, 1.165) is 25.7 Å². The maximum absolute atomic E-state index is 11.5. The Kier molecular flexibility index (Phi) is 5.73. The molecule has 1 fully saturated rings. The smallest absolute Gasteiger partial charge is 0.303 e. The highest BCUT2D eigenvalue weighted by Gasteiger charge is 2.51. The number of fused-ring (bicyclic) bond motifs is 2. The van der Waals surface area contributed by atoms with E-state index < -0.39 is 0 Å². The third-order valence-electron chi connectivity index (χ3n) is 5.84. The fourth-order valence-electron chi connectivity index (χ4n) is 4.16. The van der Waals surface area contributed by atoms with Crippen molar-refractivity contribution in [2.75, 3.05) is 6.61 Å². The topological polar surface area (TPSA) is 48.1 Å². The molecule has 0 aromatic carbocycles. The maximum atomic E-state index is 11.5. The SMILES string of the molecule is CC(=O)OC1/C=C(/C)CC[C@@H]2O[C@]2(C)CCC2=C(C)CO[C@H]2/C=C(\C)C1. The molecule has 0 aromatic rings. The van der Waals surface area contributed by atoms with Crippen molar-refractivity contribution >= 4 is 5.97 Å². The van der Waals surface area contributed by atoms with E-state index in [1.54, 1.807) is 0 Å². The van der Waals surface area contributed by atoms with Crippen LogP contribution in [0.3, 0.4) is 0 Å². The van der Waals surface area contributed by atoms with E-state index >= 15 is 0 Å². The second kappa shape index (κ2) is 7.69. The van der Waals surface area contributed by atoms with Gasteiger partial charge in [-0.1, -0.05) is 17.2 Å². The number of rotatable bonds is 1. The normalized spacial score (nSPS) is 39.7. The number of epoxide rings is 1. The van der Waals surface area contributed by atoms with Gasteiger partial charge in [-0.05, 0) is 70.6 Å². The summed E-state index contributed by atoms with van der Waals surface area (Å²) in [5, 5.41) is 0. The zero-order chi connectivity index (χ0) is 18.9. The van der Waals surface area contributed by atoms with Crippen LogP contribution in [0.5, 0.6) is 0 Å². The van der Waals surface area contributed by atoms with Gasteiger partial charge in [0.2, 0.25) is 0 Å². The minimum absolute atomic E-state index is 0.00113. The molecule has 1 saturated heterocycles. The van der Waals surface area contributed by atoms with Crippen LogP contribution in [0, 0.1) is 0 Å². The monoisotopic (exact) mass is 360 g/mol. The van der Waals surface area contributed by atoms with Crippen LogP contribution >= 0.6 is 0 Å². The molecule has 0 radical (unpaired) electrons. The molecule has 1 aliphatic carbocycles. The number of carbonyl (C=O) groups excluding carboxylic acids is 1. The van der Waals surface area contributed by atoms with Crippen molar-refractivity contribution in [1.29, 1.82) is 0 Å². The molecule has 144 valence electrons. The van der Waals surface area contributed by atoms with Crippen LogP contribution in [-0.2, 0) is 19.0 Å². The predicted molar refractivity (Wildman–Crippen MR) is 102 cm³/mol. The highest BCUT2D eigenvalue weighted by molar-refractivity contribution is 5.66. The van der Waals surface area contributed by atoms with Crippen molar-refractivity contribution in [1.82, 2.24) is 0 Å². The van der Waals surface area contributed by atoms with Gasteiger partial charge in [-0.3, -0.25) is 4.79 Å². The van der Waals surface area contributed by atoms with Crippen LogP contribution in [0.1, 0.15) is 66.7 Å². The summed E-state index contributed by atoms with van der Waals surface area (Å²) in [5.74, 6) is -0.236. The van der Waals surface area contributed by atoms with Crippen LogP contribution in [0.4, 0.5) is 0 Å². The first-order valence-electron chi connectivity index (χ1n) is 9.76. The molecule has 3 aliphatic rings. The molecule has 0 spiro atoms. The average molecular weight is 360 g/mol. The quantitative estimate of drug-likeness (QED) is 0.388.